The van der Waals surface area contributed by atoms with E-state index in [0.29, 0.717) is 23.5 Å². The van der Waals surface area contributed by atoms with Crippen LogP contribution in [0.4, 0.5) is 5.69 Å². The van der Waals surface area contributed by atoms with Crippen LogP contribution in [0.3, 0.4) is 0 Å². The molecule has 0 saturated heterocycles. The molecule has 0 aliphatic heterocycles. The molecule has 6 heteroatoms. The predicted molar refractivity (Wildman–Crippen MR) is 187 cm³/mol. The average molecular weight is 618 g/mol. The maximum Gasteiger partial charge on any atom is 0.336 e. The van der Waals surface area contributed by atoms with Crippen LogP contribution >= 0.6 is 0 Å². The lowest BCUT2D eigenvalue weighted by Gasteiger charge is -2.32. The van der Waals surface area contributed by atoms with Crippen LogP contribution in [0.1, 0.15) is 65.9 Å². The number of fused-ring (bicyclic) bond motifs is 2. The smallest absolute Gasteiger partial charge is 0.336 e. The Morgan fingerprint density at radius 1 is 1.00 bits per heavy atom. The van der Waals surface area contributed by atoms with Crippen LogP contribution in [0, 0.1) is 5.41 Å². The Labute approximate surface area is 270 Å². The number of benzene rings is 2. The quantitative estimate of drug-likeness (QED) is 0.0784. The fourth-order valence-electron chi connectivity index (χ4n) is 6.01. The summed E-state index contributed by atoms with van der Waals surface area (Å²) in [4.78, 5) is 24.4. The van der Waals surface area contributed by atoms with Gasteiger partial charge in [0.25, 0.3) is 0 Å². The third-order valence-electron chi connectivity index (χ3n) is 8.49. The summed E-state index contributed by atoms with van der Waals surface area (Å²) in [5, 5.41) is 4.61. The molecule has 1 N–H and O–H groups in total. The van der Waals surface area contributed by atoms with Gasteiger partial charge in [-0.3, -0.25) is 4.79 Å². The van der Waals surface area contributed by atoms with Crippen LogP contribution < -0.4 is 15.7 Å². The largest absolute Gasteiger partial charge is 0.486 e. The van der Waals surface area contributed by atoms with Crippen LogP contribution in [0.5, 0.6) is 5.75 Å². The van der Waals surface area contributed by atoms with Gasteiger partial charge in [-0.1, -0.05) is 67.5 Å². The van der Waals surface area contributed by atoms with Gasteiger partial charge in [0.2, 0.25) is 11.7 Å². The molecule has 0 spiro atoms. The Morgan fingerprint density at radius 3 is 2.57 bits per heavy atom. The molecule has 0 unspecified atom stereocenters. The maximum absolute atomic E-state index is 12.6. The van der Waals surface area contributed by atoms with E-state index in [0.717, 1.165) is 40.4 Å². The average Bonchev–Trinajstić information content (AvgIpc) is 3.47. The highest BCUT2D eigenvalue weighted by Crippen LogP contribution is 2.41. The molecule has 2 aromatic carbocycles. The zero-order chi connectivity index (χ0) is 32.7. The van der Waals surface area contributed by atoms with Gasteiger partial charge in [-0.25, -0.2) is 4.79 Å². The first kappa shape index (κ1) is 32.6. The minimum atomic E-state index is -0.435. The number of rotatable bonds is 11. The fraction of sp³-hybridized carbons (Fsp3) is 0.300. The van der Waals surface area contributed by atoms with Gasteiger partial charge in [0.15, 0.2) is 11.2 Å². The molecule has 1 aliphatic rings. The highest BCUT2D eigenvalue weighted by atomic mass is 16.5. The Kier molecular flexibility index (Phi) is 10.3. The number of ether oxygens (including phenoxy) is 1. The van der Waals surface area contributed by atoms with Crippen LogP contribution in [0.15, 0.2) is 127 Å². The van der Waals surface area contributed by atoms with Crippen LogP contribution in [0.25, 0.3) is 21.9 Å². The second-order valence-electron chi connectivity index (χ2n) is 12.8. The van der Waals surface area contributed by atoms with E-state index in [1.54, 1.807) is 18.4 Å². The first-order chi connectivity index (χ1) is 22.1. The standard InChI is InChI=1S/C40H43NO5/c1-27(13-19-34-29(3)11-7-22-40(34,4)5)9-6-10-28(2)25-35(42)41-33-17-14-30(15-18-33)12-8-23-44-39-37-32(21-24-45-37)26-31-16-20-36(43)46-38(31)39/h6,9-10,13-21,24-26H,7-8,11-12,22-23H2,1-5H3,(H,41,42)/b10-6+,19-13+,27-9+,28-25+. The van der Waals surface area contributed by atoms with E-state index >= 15 is 0 Å². The number of furan rings is 1. The van der Waals surface area contributed by atoms with Crippen molar-refractivity contribution in [3.8, 4) is 5.75 Å². The molecule has 0 atom stereocenters. The van der Waals surface area contributed by atoms with E-state index in [-0.39, 0.29) is 11.3 Å². The van der Waals surface area contributed by atoms with Gasteiger partial charge < -0.3 is 18.9 Å². The molecule has 1 aliphatic carbocycles. The van der Waals surface area contributed by atoms with Crippen LogP contribution in [-0.2, 0) is 11.2 Å². The summed E-state index contributed by atoms with van der Waals surface area (Å²) in [5.74, 6) is 0.276. The van der Waals surface area contributed by atoms with Gasteiger partial charge in [0, 0.05) is 28.6 Å². The Hall–Kier alpha value is -4.84. The number of allylic oxidation sites excluding steroid dienone is 9. The first-order valence-electron chi connectivity index (χ1n) is 16.0. The molecule has 4 aromatic rings. The highest BCUT2D eigenvalue weighted by molar-refractivity contribution is 6.00. The van der Waals surface area contributed by atoms with Crippen molar-refractivity contribution in [2.24, 2.45) is 5.41 Å². The number of amides is 1. The lowest BCUT2D eigenvalue weighted by Crippen LogP contribution is -2.19. The van der Waals surface area contributed by atoms with Gasteiger partial charge in [0.05, 0.1) is 12.9 Å². The van der Waals surface area contributed by atoms with Gasteiger partial charge in [-0.2, -0.15) is 0 Å². The minimum absolute atomic E-state index is 0.170. The molecule has 1 amide bonds. The summed E-state index contributed by atoms with van der Waals surface area (Å²) in [6.07, 6.45) is 18.9. The number of anilines is 1. The van der Waals surface area contributed by atoms with Crippen molar-refractivity contribution < 1.29 is 18.4 Å². The Balaban J connectivity index is 1.10. The highest BCUT2D eigenvalue weighted by Gasteiger charge is 2.26. The summed E-state index contributed by atoms with van der Waals surface area (Å²) in [5.41, 5.74) is 7.59. The van der Waals surface area contributed by atoms with Crippen molar-refractivity contribution in [1.29, 1.82) is 0 Å². The molecule has 0 radical (unpaired) electrons. The van der Waals surface area contributed by atoms with Crippen LogP contribution in [-0.4, -0.2) is 12.5 Å². The molecular formula is C40H43NO5. The molecule has 238 valence electrons. The summed E-state index contributed by atoms with van der Waals surface area (Å²) >= 11 is 0. The van der Waals surface area contributed by atoms with Crippen molar-refractivity contribution in [3.05, 3.63) is 130 Å². The molecule has 46 heavy (non-hydrogen) atoms. The number of nitrogens with one attached hydrogen (secondary N) is 1. The normalized spacial score (nSPS) is 15.8. The van der Waals surface area contributed by atoms with E-state index in [2.05, 4.69) is 51.2 Å². The number of hydrogen-bond donors (Lipinski definition) is 1. The second-order valence-corrected chi connectivity index (χ2v) is 12.8. The van der Waals surface area contributed by atoms with Gasteiger partial charge in [-0.15, -0.1) is 0 Å². The van der Waals surface area contributed by atoms with E-state index in [9.17, 15) is 9.59 Å². The van der Waals surface area contributed by atoms with Gasteiger partial charge in [0.1, 0.15) is 0 Å². The Morgan fingerprint density at radius 2 is 1.78 bits per heavy atom. The minimum Gasteiger partial charge on any atom is -0.486 e. The van der Waals surface area contributed by atoms with E-state index in [1.165, 1.54) is 42.0 Å². The number of carbonyl (C=O) groups is 1. The van der Waals surface area contributed by atoms with Crippen LogP contribution in [0.2, 0.25) is 0 Å². The van der Waals surface area contributed by atoms with Crippen molar-refractivity contribution in [2.75, 3.05) is 11.9 Å². The molecule has 2 heterocycles. The fourth-order valence-corrected chi connectivity index (χ4v) is 6.01. The SMILES string of the molecule is CC1=C(/C=C/C(C)=C/C=C/C(C)=C/C(=O)Nc2ccc(CCCOc3c4occc4cc4ccc(=O)oc34)cc2)C(C)(C)CCC1. The molecule has 6 nitrogen and oxygen atoms in total. The summed E-state index contributed by atoms with van der Waals surface area (Å²) in [7, 11) is 0. The van der Waals surface area contributed by atoms with E-state index < -0.39 is 5.63 Å². The van der Waals surface area contributed by atoms with Crippen molar-refractivity contribution >= 4 is 33.5 Å². The molecule has 5 rings (SSSR count). The third kappa shape index (κ3) is 8.25. The van der Waals surface area contributed by atoms with Gasteiger partial charge in [-0.05, 0) is 105 Å². The first-order valence-corrected chi connectivity index (χ1v) is 16.0. The molecule has 2 aromatic heterocycles. The number of aryl methyl sites for hydroxylation is 1. The van der Waals surface area contributed by atoms with Crippen molar-refractivity contribution in [1.82, 2.24) is 0 Å². The lowest BCUT2D eigenvalue weighted by atomic mass is 9.72. The molecule has 0 saturated carbocycles. The zero-order valence-electron chi connectivity index (χ0n) is 27.4. The Bertz CT molecular complexity index is 1930. The van der Waals surface area contributed by atoms with Gasteiger partial charge >= 0.3 is 5.63 Å². The maximum atomic E-state index is 12.6. The monoisotopic (exact) mass is 617 g/mol. The predicted octanol–water partition coefficient (Wildman–Crippen LogP) is 10.0. The second kappa shape index (κ2) is 14.5. The summed E-state index contributed by atoms with van der Waals surface area (Å²) in [6.45, 7) is 11.3. The van der Waals surface area contributed by atoms with Crippen molar-refractivity contribution in [2.45, 2.75) is 66.7 Å². The summed E-state index contributed by atoms with van der Waals surface area (Å²) < 4.78 is 17.1. The van der Waals surface area contributed by atoms with E-state index in [4.69, 9.17) is 13.6 Å². The lowest BCUT2D eigenvalue weighted by molar-refractivity contribution is -0.111. The molecular weight excluding hydrogens is 574 g/mol. The zero-order valence-corrected chi connectivity index (χ0v) is 27.4. The van der Waals surface area contributed by atoms with E-state index in [1.807, 2.05) is 55.5 Å². The number of carbonyl (C=O) groups excluding carboxylic acids is 1. The number of hydrogen-bond acceptors (Lipinski definition) is 5. The van der Waals surface area contributed by atoms with Crippen molar-refractivity contribution in [3.63, 3.8) is 0 Å². The summed E-state index contributed by atoms with van der Waals surface area (Å²) in [6, 6.07) is 14.7. The topological polar surface area (TPSA) is 81.7 Å². The molecule has 0 bridgehead atoms. The molecule has 0 fully saturated rings. The third-order valence-corrected chi connectivity index (χ3v) is 8.49.